The van der Waals surface area contributed by atoms with Gasteiger partial charge in [-0.1, -0.05) is 30.0 Å². The van der Waals surface area contributed by atoms with Gasteiger partial charge in [-0.25, -0.2) is 0 Å². The molecular weight excluding hydrogens is 252 g/mol. The molecule has 2 aromatic rings. The topological polar surface area (TPSA) is 38.7 Å². The van der Waals surface area contributed by atoms with Crippen LogP contribution in [0.15, 0.2) is 48.5 Å². The summed E-state index contributed by atoms with van der Waals surface area (Å²) in [7, 11) is 1.59. The molecule has 3 nitrogen and oxygen atoms in total. The van der Waals surface area contributed by atoms with Crippen LogP contribution in [-0.4, -0.2) is 18.8 Å². The van der Waals surface area contributed by atoms with Crippen LogP contribution < -0.4 is 9.47 Å². The summed E-state index contributed by atoms with van der Waals surface area (Å²) >= 11 is 0. The van der Waals surface area contributed by atoms with Crippen molar-refractivity contribution in [3.8, 4) is 23.3 Å². The quantitative estimate of drug-likeness (QED) is 0.866. The van der Waals surface area contributed by atoms with Crippen LogP contribution in [0.4, 0.5) is 0 Å². The van der Waals surface area contributed by atoms with E-state index in [0.717, 1.165) is 5.56 Å². The van der Waals surface area contributed by atoms with Gasteiger partial charge in [0.2, 0.25) is 0 Å². The van der Waals surface area contributed by atoms with Gasteiger partial charge in [0, 0.05) is 17.2 Å². The Morgan fingerprint density at radius 2 is 1.90 bits per heavy atom. The number of benzene rings is 2. The molecular formula is C17H16O3. The minimum Gasteiger partial charge on any atom is -0.497 e. The van der Waals surface area contributed by atoms with Gasteiger partial charge in [-0.2, -0.15) is 0 Å². The molecule has 20 heavy (non-hydrogen) atoms. The van der Waals surface area contributed by atoms with Gasteiger partial charge in [0.05, 0.1) is 13.7 Å². The fourth-order valence-corrected chi connectivity index (χ4v) is 1.70. The van der Waals surface area contributed by atoms with Gasteiger partial charge in [0.15, 0.2) is 0 Å². The van der Waals surface area contributed by atoms with Gasteiger partial charge in [0.1, 0.15) is 18.1 Å². The van der Waals surface area contributed by atoms with Crippen molar-refractivity contribution in [3.63, 3.8) is 0 Å². The number of rotatable bonds is 4. The molecule has 0 saturated carbocycles. The van der Waals surface area contributed by atoms with E-state index in [1.54, 1.807) is 25.3 Å². The van der Waals surface area contributed by atoms with E-state index in [4.69, 9.17) is 9.47 Å². The highest BCUT2D eigenvalue weighted by atomic mass is 16.5. The van der Waals surface area contributed by atoms with Crippen LogP contribution in [0, 0.1) is 11.8 Å². The molecule has 0 atom stereocenters. The van der Waals surface area contributed by atoms with Gasteiger partial charge in [0.25, 0.3) is 0 Å². The maximum atomic E-state index is 9.26. The Morgan fingerprint density at radius 1 is 1.10 bits per heavy atom. The number of hydrogen-bond donors (Lipinski definition) is 1. The Bertz CT molecular complexity index is 609. The molecule has 0 fully saturated rings. The minimum atomic E-state index is -0.0779. The molecule has 102 valence electrons. The van der Waals surface area contributed by atoms with Gasteiger partial charge in [-0.3, -0.25) is 0 Å². The summed E-state index contributed by atoms with van der Waals surface area (Å²) < 4.78 is 10.7. The first-order valence-corrected chi connectivity index (χ1v) is 6.28. The number of methoxy groups -OCH3 is 1. The first-order chi connectivity index (χ1) is 9.83. The van der Waals surface area contributed by atoms with Crippen molar-refractivity contribution in [2.75, 3.05) is 13.7 Å². The van der Waals surface area contributed by atoms with Gasteiger partial charge >= 0.3 is 0 Å². The zero-order valence-electron chi connectivity index (χ0n) is 11.3. The standard InChI is InChI=1S/C17H16O3/c1-19-16-10-9-15(13-18)17(12-16)20-11-5-8-14-6-3-2-4-7-14/h2-4,6-7,9-10,12,18H,11,13H2,1H3. The predicted octanol–water partition coefficient (Wildman–Crippen LogP) is 2.62. The molecule has 0 saturated heterocycles. The molecule has 2 rings (SSSR count). The van der Waals surface area contributed by atoms with Crippen molar-refractivity contribution in [3.05, 3.63) is 59.7 Å². The maximum absolute atomic E-state index is 9.26. The van der Waals surface area contributed by atoms with Crippen LogP contribution in [0.3, 0.4) is 0 Å². The lowest BCUT2D eigenvalue weighted by molar-refractivity contribution is 0.270. The molecule has 0 heterocycles. The van der Waals surface area contributed by atoms with Crippen LogP contribution in [0.2, 0.25) is 0 Å². The van der Waals surface area contributed by atoms with E-state index < -0.39 is 0 Å². The number of aliphatic hydroxyl groups is 1. The molecule has 0 aromatic heterocycles. The van der Waals surface area contributed by atoms with Crippen molar-refractivity contribution in [2.24, 2.45) is 0 Å². The molecule has 0 aliphatic heterocycles. The van der Waals surface area contributed by atoms with E-state index in [1.807, 2.05) is 30.3 Å². The van der Waals surface area contributed by atoms with Gasteiger partial charge in [-0.05, 0) is 24.3 Å². The fourth-order valence-electron chi connectivity index (χ4n) is 1.70. The average Bonchev–Trinajstić information content (AvgIpc) is 2.52. The van der Waals surface area contributed by atoms with Crippen molar-refractivity contribution in [1.29, 1.82) is 0 Å². The molecule has 1 N–H and O–H groups in total. The lowest BCUT2D eigenvalue weighted by atomic mass is 10.2. The zero-order chi connectivity index (χ0) is 14.2. The van der Waals surface area contributed by atoms with E-state index in [2.05, 4.69) is 11.8 Å². The summed E-state index contributed by atoms with van der Waals surface area (Å²) in [6, 6.07) is 15.0. The van der Waals surface area contributed by atoms with E-state index >= 15 is 0 Å². The largest absolute Gasteiger partial charge is 0.497 e. The van der Waals surface area contributed by atoms with Crippen LogP contribution in [0.1, 0.15) is 11.1 Å². The highest BCUT2D eigenvalue weighted by molar-refractivity contribution is 5.41. The Labute approximate surface area is 118 Å². The van der Waals surface area contributed by atoms with Crippen LogP contribution in [-0.2, 0) is 6.61 Å². The first-order valence-electron chi connectivity index (χ1n) is 6.28. The van der Waals surface area contributed by atoms with Crippen LogP contribution in [0.5, 0.6) is 11.5 Å². The summed E-state index contributed by atoms with van der Waals surface area (Å²) in [5, 5.41) is 9.26. The fraction of sp³-hybridized carbons (Fsp3) is 0.176. The average molecular weight is 268 g/mol. The summed E-state index contributed by atoms with van der Waals surface area (Å²) in [5.74, 6) is 7.24. The zero-order valence-corrected chi connectivity index (χ0v) is 11.3. The Balaban J connectivity index is 2.02. The summed E-state index contributed by atoms with van der Waals surface area (Å²) in [4.78, 5) is 0. The highest BCUT2D eigenvalue weighted by Gasteiger charge is 2.04. The molecule has 0 bridgehead atoms. The van der Waals surface area contributed by atoms with Crippen molar-refractivity contribution >= 4 is 0 Å². The van der Waals surface area contributed by atoms with Crippen molar-refractivity contribution < 1.29 is 14.6 Å². The van der Waals surface area contributed by atoms with Crippen LogP contribution >= 0.6 is 0 Å². The SMILES string of the molecule is COc1ccc(CO)c(OCC#Cc2ccccc2)c1. The third-order valence-corrected chi connectivity index (χ3v) is 2.75. The molecule has 0 aliphatic carbocycles. The van der Waals surface area contributed by atoms with E-state index in [9.17, 15) is 5.11 Å². The van der Waals surface area contributed by atoms with E-state index in [-0.39, 0.29) is 13.2 Å². The Hall–Kier alpha value is -2.44. The molecule has 0 radical (unpaired) electrons. The minimum absolute atomic E-state index is 0.0779. The normalized spacial score (nSPS) is 9.50. The molecule has 3 heteroatoms. The second-order valence-electron chi connectivity index (χ2n) is 4.09. The summed E-state index contributed by atoms with van der Waals surface area (Å²) in [5.41, 5.74) is 1.66. The lowest BCUT2D eigenvalue weighted by Gasteiger charge is -2.09. The number of ether oxygens (including phenoxy) is 2. The summed E-state index contributed by atoms with van der Waals surface area (Å²) in [6.45, 7) is 0.181. The third kappa shape index (κ3) is 3.78. The highest BCUT2D eigenvalue weighted by Crippen LogP contribution is 2.24. The maximum Gasteiger partial charge on any atom is 0.149 e. The second kappa shape index (κ2) is 7.22. The van der Waals surface area contributed by atoms with Gasteiger partial charge in [-0.15, -0.1) is 0 Å². The van der Waals surface area contributed by atoms with Crippen LogP contribution in [0.25, 0.3) is 0 Å². The van der Waals surface area contributed by atoms with Gasteiger partial charge < -0.3 is 14.6 Å². The van der Waals surface area contributed by atoms with E-state index in [1.165, 1.54) is 0 Å². The third-order valence-electron chi connectivity index (χ3n) is 2.75. The second-order valence-corrected chi connectivity index (χ2v) is 4.09. The lowest BCUT2D eigenvalue weighted by Crippen LogP contribution is -1.99. The molecule has 0 unspecified atom stereocenters. The Kier molecular flexibility index (Phi) is 5.05. The van der Waals surface area contributed by atoms with E-state index in [0.29, 0.717) is 17.1 Å². The first kappa shape index (κ1) is 14.0. The number of hydrogen-bond acceptors (Lipinski definition) is 3. The molecule has 0 amide bonds. The molecule has 2 aromatic carbocycles. The smallest absolute Gasteiger partial charge is 0.149 e. The van der Waals surface area contributed by atoms with Crippen molar-refractivity contribution in [2.45, 2.75) is 6.61 Å². The Morgan fingerprint density at radius 3 is 2.60 bits per heavy atom. The predicted molar refractivity (Wildman–Crippen MR) is 77.7 cm³/mol. The molecule has 0 aliphatic rings. The summed E-state index contributed by atoms with van der Waals surface area (Å²) in [6.07, 6.45) is 0. The van der Waals surface area contributed by atoms with Crippen molar-refractivity contribution in [1.82, 2.24) is 0 Å². The number of aliphatic hydroxyl groups excluding tert-OH is 1. The molecule has 0 spiro atoms. The monoisotopic (exact) mass is 268 g/mol.